The third-order valence-electron chi connectivity index (χ3n) is 4.16. The van der Waals surface area contributed by atoms with Crippen molar-refractivity contribution in [3.05, 3.63) is 32.7 Å². The van der Waals surface area contributed by atoms with Gasteiger partial charge in [0.25, 0.3) is 0 Å². The van der Waals surface area contributed by atoms with Gasteiger partial charge in [0.1, 0.15) is 0 Å². The molecule has 1 aromatic carbocycles. The van der Waals surface area contributed by atoms with Crippen LogP contribution in [0.1, 0.15) is 53.5 Å². The summed E-state index contributed by atoms with van der Waals surface area (Å²) in [7, 11) is 0. The monoisotopic (exact) mass is 260 g/mol. The van der Waals surface area contributed by atoms with Crippen molar-refractivity contribution < 1.29 is 0 Å². The lowest BCUT2D eigenvalue weighted by molar-refractivity contribution is 0.582. The highest BCUT2D eigenvalue weighted by Gasteiger charge is 2.24. The van der Waals surface area contributed by atoms with E-state index in [4.69, 9.17) is 0 Å². The van der Waals surface area contributed by atoms with E-state index in [9.17, 15) is 0 Å². The van der Waals surface area contributed by atoms with Crippen molar-refractivity contribution in [3.63, 3.8) is 0 Å². The summed E-state index contributed by atoms with van der Waals surface area (Å²) < 4.78 is 1.49. The normalized spacial score (nSPS) is 12.4. The zero-order chi connectivity index (χ0) is 13.8. The molecule has 2 rings (SSSR count). The van der Waals surface area contributed by atoms with Crippen LogP contribution >= 0.6 is 11.3 Å². The molecule has 0 aliphatic rings. The molecule has 0 bridgehead atoms. The summed E-state index contributed by atoms with van der Waals surface area (Å²) in [4.78, 5) is 1.46. The molecular weight excluding hydrogens is 236 g/mol. The molecule has 0 unspecified atom stereocenters. The Labute approximate surface area is 115 Å². The van der Waals surface area contributed by atoms with Crippen LogP contribution in [-0.4, -0.2) is 0 Å². The number of aryl methyl sites for hydroxylation is 4. The summed E-state index contributed by atoms with van der Waals surface area (Å²) in [6.45, 7) is 18.3. The summed E-state index contributed by atoms with van der Waals surface area (Å²) in [6.07, 6.45) is 0. The highest BCUT2D eigenvalue weighted by Crippen LogP contribution is 2.41. The maximum atomic E-state index is 2.32. The molecule has 18 heavy (non-hydrogen) atoms. The van der Waals surface area contributed by atoms with Crippen LogP contribution in [0.5, 0.6) is 0 Å². The van der Waals surface area contributed by atoms with E-state index < -0.39 is 0 Å². The third kappa shape index (κ3) is 1.80. The molecule has 0 aliphatic carbocycles. The molecule has 1 heterocycles. The van der Waals surface area contributed by atoms with Gasteiger partial charge in [0, 0.05) is 9.58 Å². The number of thiophene rings is 1. The topological polar surface area (TPSA) is 0 Å². The molecule has 2 aromatic rings. The number of rotatable bonds is 0. The molecule has 1 aromatic heterocycles. The average molecular weight is 260 g/mol. The van der Waals surface area contributed by atoms with Crippen LogP contribution in [0.2, 0.25) is 0 Å². The van der Waals surface area contributed by atoms with Crippen LogP contribution in [0.15, 0.2) is 0 Å². The Kier molecular flexibility index (Phi) is 3.09. The van der Waals surface area contributed by atoms with Crippen molar-refractivity contribution in [1.29, 1.82) is 0 Å². The molecule has 0 spiro atoms. The van der Waals surface area contributed by atoms with Crippen LogP contribution in [0.25, 0.3) is 10.1 Å². The summed E-state index contributed by atoms with van der Waals surface area (Å²) in [6, 6.07) is 0. The molecular formula is C17H24S. The minimum atomic E-state index is 0.218. The predicted molar refractivity (Wildman–Crippen MR) is 84.2 cm³/mol. The number of benzene rings is 1. The lowest BCUT2D eigenvalue weighted by Crippen LogP contribution is -2.16. The van der Waals surface area contributed by atoms with E-state index in [-0.39, 0.29) is 5.41 Å². The van der Waals surface area contributed by atoms with Gasteiger partial charge in [0.2, 0.25) is 0 Å². The Bertz CT molecular complexity index is 622. The quantitative estimate of drug-likeness (QED) is 0.566. The van der Waals surface area contributed by atoms with Crippen LogP contribution in [0, 0.1) is 34.6 Å². The standard InChI is InChI=1S/C17H24S/c1-9-10(2)16-14(11(3)13(5)18-16)12(4)15(9)17(6,7)8/h1-8H3. The van der Waals surface area contributed by atoms with Gasteiger partial charge in [-0.25, -0.2) is 0 Å². The maximum absolute atomic E-state index is 2.32. The van der Waals surface area contributed by atoms with Gasteiger partial charge in [-0.15, -0.1) is 11.3 Å². The van der Waals surface area contributed by atoms with E-state index >= 15 is 0 Å². The van der Waals surface area contributed by atoms with Crippen LogP contribution in [-0.2, 0) is 5.41 Å². The van der Waals surface area contributed by atoms with E-state index in [1.165, 1.54) is 42.8 Å². The molecule has 0 nitrogen and oxygen atoms in total. The fourth-order valence-electron chi connectivity index (χ4n) is 3.23. The number of fused-ring (bicyclic) bond motifs is 1. The van der Waals surface area contributed by atoms with Gasteiger partial charge < -0.3 is 0 Å². The van der Waals surface area contributed by atoms with Crippen LogP contribution < -0.4 is 0 Å². The van der Waals surface area contributed by atoms with Crippen molar-refractivity contribution in [2.75, 3.05) is 0 Å². The molecule has 0 N–H and O–H groups in total. The van der Waals surface area contributed by atoms with Crippen LogP contribution in [0.4, 0.5) is 0 Å². The fourth-order valence-corrected chi connectivity index (χ4v) is 4.51. The molecule has 0 aliphatic heterocycles. The van der Waals surface area contributed by atoms with Gasteiger partial charge in [0.15, 0.2) is 0 Å². The predicted octanol–water partition coefficient (Wildman–Crippen LogP) is 5.74. The molecule has 0 saturated carbocycles. The van der Waals surface area contributed by atoms with Gasteiger partial charge in [-0.3, -0.25) is 0 Å². The van der Waals surface area contributed by atoms with Crippen LogP contribution in [0.3, 0.4) is 0 Å². The molecule has 1 heteroatoms. The van der Waals surface area contributed by atoms with Gasteiger partial charge in [-0.05, 0) is 73.2 Å². The second kappa shape index (κ2) is 4.09. The lowest BCUT2D eigenvalue weighted by atomic mass is 9.78. The van der Waals surface area contributed by atoms with Crippen molar-refractivity contribution in [3.8, 4) is 0 Å². The highest BCUT2D eigenvalue weighted by atomic mass is 32.1. The first-order valence-corrected chi connectivity index (χ1v) is 7.47. The second-order valence-corrected chi connectivity index (χ2v) is 7.71. The SMILES string of the molecule is Cc1sc2c(C)c(C)c(C(C)(C)C)c(C)c2c1C. The van der Waals surface area contributed by atoms with E-state index in [1.54, 1.807) is 0 Å². The van der Waals surface area contributed by atoms with Gasteiger partial charge in [-0.1, -0.05) is 20.8 Å². The average Bonchev–Trinajstić information content (AvgIpc) is 2.51. The van der Waals surface area contributed by atoms with E-state index in [1.807, 2.05) is 11.3 Å². The van der Waals surface area contributed by atoms with E-state index in [2.05, 4.69) is 55.4 Å². The molecule has 0 fully saturated rings. The minimum absolute atomic E-state index is 0.218. The Morgan fingerprint density at radius 3 is 1.78 bits per heavy atom. The Balaban J connectivity index is 3.03. The van der Waals surface area contributed by atoms with Crippen molar-refractivity contribution in [2.45, 2.75) is 60.8 Å². The largest absolute Gasteiger partial charge is 0.140 e. The van der Waals surface area contributed by atoms with E-state index in [0.29, 0.717) is 0 Å². The summed E-state index contributed by atoms with van der Waals surface area (Å²) >= 11 is 1.95. The minimum Gasteiger partial charge on any atom is -0.140 e. The Morgan fingerprint density at radius 2 is 1.28 bits per heavy atom. The van der Waals surface area contributed by atoms with Crippen molar-refractivity contribution in [1.82, 2.24) is 0 Å². The number of hydrogen-bond acceptors (Lipinski definition) is 1. The summed E-state index contributed by atoms with van der Waals surface area (Å²) in [5.74, 6) is 0. The zero-order valence-corrected chi connectivity index (χ0v) is 13.7. The first-order valence-electron chi connectivity index (χ1n) is 6.66. The maximum Gasteiger partial charge on any atom is 0.0383 e. The van der Waals surface area contributed by atoms with E-state index in [0.717, 1.165) is 0 Å². The Morgan fingerprint density at radius 1 is 0.722 bits per heavy atom. The fraction of sp³-hybridized carbons (Fsp3) is 0.529. The zero-order valence-electron chi connectivity index (χ0n) is 12.9. The highest BCUT2D eigenvalue weighted by molar-refractivity contribution is 7.19. The molecule has 0 saturated heterocycles. The van der Waals surface area contributed by atoms with Gasteiger partial charge >= 0.3 is 0 Å². The van der Waals surface area contributed by atoms with Crippen molar-refractivity contribution in [2.24, 2.45) is 0 Å². The molecule has 0 radical (unpaired) electrons. The summed E-state index contributed by atoms with van der Waals surface area (Å²) in [5.41, 5.74) is 7.67. The first kappa shape index (κ1) is 13.6. The molecule has 0 amide bonds. The third-order valence-corrected chi connectivity index (χ3v) is 5.49. The second-order valence-electron chi connectivity index (χ2n) is 6.49. The summed E-state index contributed by atoms with van der Waals surface area (Å²) in [5, 5.41) is 1.51. The molecule has 0 atom stereocenters. The smallest absolute Gasteiger partial charge is 0.0383 e. The van der Waals surface area contributed by atoms with Gasteiger partial charge in [-0.2, -0.15) is 0 Å². The number of hydrogen-bond donors (Lipinski definition) is 0. The lowest BCUT2D eigenvalue weighted by Gasteiger charge is -2.26. The van der Waals surface area contributed by atoms with Crippen molar-refractivity contribution >= 4 is 21.4 Å². The molecule has 98 valence electrons. The Hall–Kier alpha value is -0.820. The van der Waals surface area contributed by atoms with Gasteiger partial charge in [0.05, 0.1) is 0 Å². The first-order chi connectivity index (χ1) is 8.16.